The van der Waals surface area contributed by atoms with Crippen LogP contribution in [0.5, 0.6) is 5.75 Å². The fourth-order valence-corrected chi connectivity index (χ4v) is 2.01. The van der Waals surface area contributed by atoms with Gasteiger partial charge in [-0.05, 0) is 52.3 Å². The zero-order valence-electron chi connectivity index (χ0n) is 10.00. The summed E-state index contributed by atoms with van der Waals surface area (Å²) < 4.78 is 31.8. The maximum absolute atomic E-state index is 12.9. The standard InChI is InChI=1S/C14H12BrF2NO/c15-13-9-11(17)4-5-14(13)19-7-6-18-12-3-1-2-10(16)8-12/h1-5,8-9,18H,6-7H2. The molecular weight excluding hydrogens is 316 g/mol. The molecule has 0 saturated carbocycles. The second-order valence-electron chi connectivity index (χ2n) is 3.86. The summed E-state index contributed by atoms with van der Waals surface area (Å²) in [5.74, 6) is -0.0354. The molecule has 100 valence electrons. The van der Waals surface area contributed by atoms with E-state index >= 15 is 0 Å². The first-order chi connectivity index (χ1) is 9.15. The molecule has 5 heteroatoms. The Bertz CT molecular complexity index is 563. The van der Waals surface area contributed by atoms with Crippen molar-refractivity contribution in [2.45, 2.75) is 0 Å². The number of halogens is 3. The number of ether oxygens (including phenoxy) is 1. The summed E-state index contributed by atoms with van der Waals surface area (Å²) in [6, 6.07) is 10.4. The summed E-state index contributed by atoms with van der Waals surface area (Å²) in [5.41, 5.74) is 0.696. The smallest absolute Gasteiger partial charge is 0.133 e. The molecule has 0 unspecified atom stereocenters. The Morgan fingerprint density at radius 1 is 1.05 bits per heavy atom. The van der Waals surface area contributed by atoms with Gasteiger partial charge in [0.25, 0.3) is 0 Å². The fourth-order valence-electron chi connectivity index (χ4n) is 1.55. The average molecular weight is 328 g/mol. The first kappa shape index (κ1) is 13.8. The Balaban J connectivity index is 1.81. The fraction of sp³-hybridized carbons (Fsp3) is 0.143. The van der Waals surface area contributed by atoms with E-state index in [-0.39, 0.29) is 11.6 Å². The van der Waals surface area contributed by atoms with Gasteiger partial charge in [-0.3, -0.25) is 0 Å². The molecule has 0 aliphatic carbocycles. The topological polar surface area (TPSA) is 21.3 Å². The van der Waals surface area contributed by atoms with Gasteiger partial charge in [0.15, 0.2) is 0 Å². The molecule has 0 amide bonds. The van der Waals surface area contributed by atoms with Gasteiger partial charge >= 0.3 is 0 Å². The molecule has 0 heterocycles. The maximum Gasteiger partial charge on any atom is 0.133 e. The lowest BCUT2D eigenvalue weighted by atomic mass is 10.3. The summed E-state index contributed by atoms with van der Waals surface area (Å²) in [5, 5.41) is 3.03. The molecule has 2 nitrogen and oxygen atoms in total. The van der Waals surface area contributed by atoms with E-state index in [1.165, 1.54) is 24.3 Å². The minimum atomic E-state index is -0.322. The van der Waals surface area contributed by atoms with Crippen LogP contribution >= 0.6 is 15.9 Å². The lowest BCUT2D eigenvalue weighted by Crippen LogP contribution is -2.11. The minimum Gasteiger partial charge on any atom is -0.491 e. The van der Waals surface area contributed by atoms with E-state index in [2.05, 4.69) is 21.2 Å². The third-order valence-corrected chi connectivity index (χ3v) is 3.03. The summed E-state index contributed by atoms with van der Waals surface area (Å²) in [6.07, 6.45) is 0. The van der Waals surface area contributed by atoms with Crippen LogP contribution in [0, 0.1) is 11.6 Å². The van der Waals surface area contributed by atoms with Crippen LogP contribution in [0.3, 0.4) is 0 Å². The number of benzene rings is 2. The monoisotopic (exact) mass is 327 g/mol. The van der Waals surface area contributed by atoms with Crippen LogP contribution < -0.4 is 10.1 Å². The van der Waals surface area contributed by atoms with Gasteiger partial charge in [-0.25, -0.2) is 8.78 Å². The van der Waals surface area contributed by atoms with Crippen molar-refractivity contribution in [2.24, 2.45) is 0 Å². The Labute approximate surface area is 118 Å². The molecule has 2 rings (SSSR count). The quantitative estimate of drug-likeness (QED) is 0.830. The van der Waals surface area contributed by atoms with Gasteiger partial charge in [-0.1, -0.05) is 6.07 Å². The summed E-state index contributed by atoms with van der Waals surface area (Å²) in [7, 11) is 0. The van der Waals surface area contributed by atoms with Crippen molar-refractivity contribution in [3.63, 3.8) is 0 Å². The highest BCUT2D eigenvalue weighted by atomic mass is 79.9. The number of hydrogen-bond acceptors (Lipinski definition) is 2. The molecule has 0 aliphatic rings. The lowest BCUT2D eigenvalue weighted by molar-refractivity contribution is 0.330. The van der Waals surface area contributed by atoms with Gasteiger partial charge in [0.05, 0.1) is 4.47 Å². The van der Waals surface area contributed by atoms with Crippen LogP contribution in [0.4, 0.5) is 14.5 Å². The highest BCUT2D eigenvalue weighted by molar-refractivity contribution is 9.10. The molecular formula is C14H12BrF2NO. The van der Waals surface area contributed by atoms with E-state index in [0.29, 0.717) is 29.1 Å². The van der Waals surface area contributed by atoms with Crippen LogP contribution in [0.1, 0.15) is 0 Å². The molecule has 0 aromatic heterocycles. The van der Waals surface area contributed by atoms with Crippen molar-refractivity contribution in [3.05, 3.63) is 58.6 Å². The van der Waals surface area contributed by atoms with Gasteiger partial charge in [0, 0.05) is 12.2 Å². The van der Waals surface area contributed by atoms with Crippen LogP contribution in [0.2, 0.25) is 0 Å². The third-order valence-electron chi connectivity index (χ3n) is 2.41. The number of anilines is 1. The predicted octanol–water partition coefficient (Wildman–Crippen LogP) is 4.22. The first-order valence-corrected chi connectivity index (χ1v) is 6.52. The molecule has 0 spiro atoms. The van der Waals surface area contributed by atoms with Crippen molar-refractivity contribution in [3.8, 4) is 5.75 Å². The van der Waals surface area contributed by atoms with Crippen molar-refractivity contribution in [1.82, 2.24) is 0 Å². The molecule has 0 atom stereocenters. The number of hydrogen-bond donors (Lipinski definition) is 1. The van der Waals surface area contributed by atoms with E-state index in [1.807, 2.05) is 0 Å². The van der Waals surface area contributed by atoms with Gasteiger partial charge in [-0.2, -0.15) is 0 Å². The van der Waals surface area contributed by atoms with Gasteiger partial charge in [-0.15, -0.1) is 0 Å². The number of rotatable bonds is 5. The van der Waals surface area contributed by atoms with Crippen molar-refractivity contribution < 1.29 is 13.5 Å². The largest absolute Gasteiger partial charge is 0.491 e. The van der Waals surface area contributed by atoms with Gasteiger partial charge < -0.3 is 10.1 Å². The summed E-state index contributed by atoms with van der Waals surface area (Å²) in [4.78, 5) is 0. The highest BCUT2D eigenvalue weighted by Gasteiger charge is 2.02. The molecule has 1 N–H and O–H groups in total. The lowest BCUT2D eigenvalue weighted by Gasteiger charge is -2.10. The van der Waals surface area contributed by atoms with Crippen LogP contribution in [-0.4, -0.2) is 13.2 Å². The first-order valence-electron chi connectivity index (χ1n) is 5.72. The van der Waals surface area contributed by atoms with E-state index in [0.717, 1.165) is 0 Å². The molecule has 0 saturated heterocycles. The minimum absolute atomic E-state index is 0.285. The summed E-state index contributed by atoms with van der Waals surface area (Å²) >= 11 is 3.22. The van der Waals surface area contributed by atoms with Gasteiger partial charge in [0.2, 0.25) is 0 Å². The van der Waals surface area contributed by atoms with Crippen molar-refractivity contribution >= 4 is 21.6 Å². The van der Waals surface area contributed by atoms with Crippen molar-refractivity contribution in [2.75, 3.05) is 18.5 Å². The molecule has 0 bridgehead atoms. The Hall–Kier alpha value is -1.62. The Morgan fingerprint density at radius 2 is 1.84 bits per heavy atom. The molecule has 0 fully saturated rings. The highest BCUT2D eigenvalue weighted by Crippen LogP contribution is 2.25. The van der Waals surface area contributed by atoms with E-state index in [1.54, 1.807) is 18.2 Å². The maximum atomic E-state index is 12.9. The van der Waals surface area contributed by atoms with Crippen molar-refractivity contribution in [1.29, 1.82) is 0 Å². The molecule has 0 radical (unpaired) electrons. The normalized spacial score (nSPS) is 10.3. The van der Waals surface area contributed by atoms with Crippen LogP contribution in [0.15, 0.2) is 46.9 Å². The zero-order chi connectivity index (χ0) is 13.7. The molecule has 0 aliphatic heterocycles. The predicted molar refractivity (Wildman–Crippen MR) is 74.5 cm³/mol. The van der Waals surface area contributed by atoms with Crippen LogP contribution in [-0.2, 0) is 0 Å². The van der Waals surface area contributed by atoms with E-state index < -0.39 is 0 Å². The number of nitrogens with one attached hydrogen (secondary N) is 1. The van der Waals surface area contributed by atoms with E-state index in [9.17, 15) is 8.78 Å². The molecule has 2 aromatic carbocycles. The Kier molecular flexibility index (Phi) is 4.74. The SMILES string of the molecule is Fc1cccc(NCCOc2ccc(F)cc2Br)c1. The van der Waals surface area contributed by atoms with Gasteiger partial charge in [0.1, 0.15) is 24.0 Å². The van der Waals surface area contributed by atoms with Crippen LogP contribution in [0.25, 0.3) is 0 Å². The third kappa shape index (κ3) is 4.21. The second-order valence-corrected chi connectivity index (χ2v) is 4.71. The summed E-state index contributed by atoms with van der Waals surface area (Å²) in [6.45, 7) is 0.911. The Morgan fingerprint density at radius 3 is 2.58 bits per heavy atom. The molecule has 2 aromatic rings. The molecule has 19 heavy (non-hydrogen) atoms. The average Bonchev–Trinajstić information content (AvgIpc) is 2.37. The zero-order valence-corrected chi connectivity index (χ0v) is 11.6. The second kappa shape index (κ2) is 6.52. The van der Waals surface area contributed by atoms with E-state index in [4.69, 9.17) is 4.74 Å².